The van der Waals surface area contributed by atoms with E-state index in [0.29, 0.717) is 13.1 Å². The van der Waals surface area contributed by atoms with Gasteiger partial charge in [0.05, 0.1) is 0 Å². The number of hydrogen-bond donors (Lipinski definition) is 2. The molecule has 68 valence electrons. The lowest BCUT2D eigenvalue weighted by Gasteiger charge is -2.20. The monoisotopic (exact) mass is 169 g/mol. The lowest BCUT2D eigenvalue weighted by Crippen LogP contribution is -2.50. The van der Waals surface area contributed by atoms with E-state index in [1.807, 2.05) is 0 Å². The zero-order chi connectivity index (χ0) is 9.40. The molecule has 0 rings (SSSR count). The van der Waals surface area contributed by atoms with Gasteiger partial charge in [0.25, 0.3) is 0 Å². The lowest BCUT2D eigenvalue weighted by molar-refractivity contribution is -0.135. The molecule has 4 nitrogen and oxygen atoms in total. The van der Waals surface area contributed by atoms with Crippen molar-refractivity contribution in [3.05, 3.63) is 25.3 Å². The molecule has 0 saturated carbocycles. The average molecular weight is 169 g/mol. The Bertz CT molecular complexity index is 156. The molecule has 0 heterocycles. The minimum atomic E-state index is -0.0984. The van der Waals surface area contributed by atoms with E-state index in [1.54, 1.807) is 12.2 Å². The zero-order valence-corrected chi connectivity index (χ0v) is 7.34. The van der Waals surface area contributed by atoms with Gasteiger partial charge in [-0.2, -0.15) is 0 Å². The summed E-state index contributed by atoms with van der Waals surface area (Å²) in [6.45, 7) is 9.60. The van der Waals surface area contributed by atoms with Crippen molar-refractivity contribution in [3.8, 4) is 0 Å². The summed E-state index contributed by atoms with van der Waals surface area (Å²) in [6, 6.07) is 0. The number of nitrogens with one attached hydrogen (secondary N) is 2. The SMILES string of the molecule is C=CCNN(NCC=C)C(C)=O. The molecular weight excluding hydrogens is 154 g/mol. The Morgan fingerprint density at radius 3 is 2.00 bits per heavy atom. The van der Waals surface area contributed by atoms with Gasteiger partial charge in [0, 0.05) is 20.0 Å². The molecular formula is C8H15N3O. The molecule has 0 aliphatic rings. The predicted molar refractivity (Wildman–Crippen MR) is 48.9 cm³/mol. The van der Waals surface area contributed by atoms with Crippen molar-refractivity contribution in [1.29, 1.82) is 0 Å². The molecule has 0 aromatic heterocycles. The third kappa shape index (κ3) is 4.65. The Kier molecular flexibility index (Phi) is 5.95. The molecule has 12 heavy (non-hydrogen) atoms. The Morgan fingerprint density at radius 2 is 1.75 bits per heavy atom. The van der Waals surface area contributed by atoms with Crippen molar-refractivity contribution < 1.29 is 4.79 Å². The van der Waals surface area contributed by atoms with Crippen molar-refractivity contribution in [2.45, 2.75) is 6.92 Å². The maximum Gasteiger partial charge on any atom is 0.248 e. The molecule has 0 atom stereocenters. The maximum atomic E-state index is 10.9. The minimum Gasteiger partial charge on any atom is -0.272 e. The number of carbonyl (C=O) groups excluding carboxylic acids is 1. The largest absolute Gasteiger partial charge is 0.272 e. The van der Waals surface area contributed by atoms with Crippen LogP contribution in [-0.2, 0) is 4.79 Å². The highest BCUT2D eigenvalue weighted by atomic mass is 16.2. The molecule has 0 aliphatic carbocycles. The van der Waals surface area contributed by atoms with Crippen LogP contribution in [0.15, 0.2) is 25.3 Å². The van der Waals surface area contributed by atoms with Crippen LogP contribution < -0.4 is 10.9 Å². The van der Waals surface area contributed by atoms with Crippen molar-refractivity contribution in [1.82, 2.24) is 16.0 Å². The van der Waals surface area contributed by atoms with E-state index in [-0.39, 0.29) is 5.91 Å². The number of hydrogen-bond acceptors (Lipinski definition) is 3. The van der Waals surface area contributed by atoms with Crippen LogP contribution in [0.4, 0.5) is 0 Å². The first kappa shape index (κ1) is 10.9. The lowest BCUT2D eigenvalue weighted by atomic mass is 10.6. The van der Waals surface area contributed by atoms with Gasteiger partial charge in [-0.15, -0.1) is 13.2 Å². The number of rotatable bonds is 6. The Morgan fingerprint density at radius 1 is 1.33 bits per heavy atom. The molecule has 0 radical (unpaired) electrons. The first-order valence-electron chi connectivity index (χ1n) is 3.72. The number of amides is 1. The number of hydrazine groups is 2. The summed E-state index contributed by atoms with van der Waals surface area (Å²) < 4.78 is 0. The van der Waals surface area contributed by atoms with Crippen molar-refractivity contribution >= 4 is 5.91 Å². The minimum absolute atomic E-state index is 0.0984. The van der Waals surface area contributed by atoms with E-state index in [9.17, 15) is 4.79 Å². The van der Waals surface area contributed by atoms with Gasteiger partial charge in [-0.05, 0) is 0 Å². The molecule has 0 aliphatic heterocycles. The smallest absolute Gasteiger partial charge is 0.248 e. The second-order valence-corrected chi connectivity index (χ2v) is 2.16. The van der Waals surface area contributed by atoms with Crippen molar-refractivity contribution in [2.75, 3.05) is 13.1 Å². The zero-order valence-electron chi connectivity index (χ0n) is 7.34. The third-order valence-corrected chi connectivity index (χ3v) is 1.10. The molecule has 0 saturated heterocycles. The average Bonchev–Trinajstić information content (AvgIpc) is 2.04. The van der Waals surface area contributed by atoms with Gasteiger partial charge < -0.3 is 0 Å². The molecule has 2 N–H and O–H groups in total. The second kappa shape index (κ2) is 6.57. The highest BCUT2D eigenvalue weighted by Crippen LogP contribution is 1.77. The normalized spacial score (nSPS) is 9.08. The van der Waals surface area contributed by atoms with Crippen LogP contribution in [0.5, 0.6) is 0 Å². The molecule has 0 aromatic rings. The van der Waals surface area contributed by atoms with Gasteiger partial charge in [0.2, 0.25) is 5.91 Å². The topological polar surface area (TPSA) is 44.4 Å². The Balaban J connectivity index is 3.77. The summed E-state index contributed by atoms with van der Waals surface area (Å²) in [5.74, 6) is -0.0984. The fourth-order valence-corrected chi connectivity index (χ4v) is 0.590. The van der Waals surface area contributed by atoms with Gasteiger partial charge in [0.1, 0.15) is 0 Å². The molecule has 0 fully saturated rings. The predicted octanol–water partition coefficient (Wildman–Crippen LogP) is 0.216. The van der Waals surface area contributed by atoms with Gasteiger partial charge in [-0.25, -0.2) is 16.0 Å². The van der Waals surface area contributed by atoms with Gasteiger partial charge in [0.15, 0.2) is 0 Å². The van der Waals surface area contributed by atoms with E-state index < -0.39 is 0 Å². The second-order valence-electron chi connectivity index (χ2n) is 2.16. The highest BCUT2D eigenvalue weighted by molar-refractivity contribution is 5.72. The van der Waals surface area contributed by atoms with Crippen molar-refractivity contribution in [2.24, 2.45) is 0 Å². The maximum absolute atomic E-state index is 10.9. The van der Waals surface area contributed by atoms with Crippen LogP contribution in [0.2, 0.25) is 0 Å². The summed E-state index contributed by atoms with van der Waals surface area (Å²) in [4.78, 5) is 10.9. The molecule has 1 amide bonds. The molecule has 4 heteroatoms. The van der Waals surface area contributed by atoms with Crippen LogP contribution in [0.1, 0.15) is 6.92 Å². The first-order valence-corrected chi connectivity index (χ1v) is 3.72. The van der Waals surface area contributed by atoms with Gasteiger partial charge in [-0.3, -0.25) is 4.79 Å². The fraction of sp³-hybridized carbons (Fsp3) is 0.375. The first-order chi connectivity index (χ1) is 5.72. The quantitative estimate of drug-likeness (QED) is 0.441. The van der Waals surface area contributed by atoms with E-state index in [4.69, 9.17) is 0 Å². The number of carbonyl (C=O) groups is 1. The van der Waals surface area contributed by atoms with E-state index in [1.165, 1.54) is 12.0 Å². The number of nitrogens with zero attached hydrogens (tertiary/aromatic N) is 1. The van der Waals surface area contributed by atoms with Crippen LogP contribution in [-0.4, -0.2) is 24.1 Å². The van der Waals surface area contributed by atoms with E-state index >= 15 is 0 Å². The molecule has 0 aromatic carbocycles. The summed E-state index contributed by atoms with van der Waals surface area (Å²) in [5.41, 5.74) is 5.62. The van der Waals surface area contributed by atoms with Crippen molar-refractivity contribution in [3.63, 3.8) is 0 Å². The standard InChI is InChI=1S/C8H15N3O/c1-4-6-9-11(8(3)12)10-7-5-2/h4-5,9-10H,1-2,6-7H2,3H3. The summed E-state index contributed by atoms with van der Waals surface area (Å²) in [5, 5.41) is 1.31. The summed E-state index contributed by atoms with van der Waals surface area (Å²) >= 11 is 0. The Labute approximate surface area is 72.9 Å². The molecule has 0 unspecified atom stereocenters. The van der Waals surface area contributed by atoms with Crippen LogP contribution in [0, 0.1) is 0 Å². The summed E-state index contributed by atoms with van der Waals surface area (Å²) in [6.07, 6.45) is 3.34. The van der Waals surface area contributed by atoms with Crippen LogP contribution >= 0.6 is 0 Å². The molecule has 0 bridgehead atoms. The highest BCUT2D eigenvalue weighted by Gasteiger charge is 2.03. The molecule has 0 spiro atoms. The van der Waals surface area contributed by atoms with Gasteiger partial charge >= 0.3 is 0 Å². The van der Waals surface area contributed by atoms with Crippen LogP contribution in [0.3, 0.4) is 0 Å². The third-order valence-electron chi connectivity index (χ3n) is 1.10. The Hall–Kier alpha value is -1.13. The fourth-order valence-electron chi connectivity index (χ4n) is 0.590. The van der Waals surface area contributed by atoms with Gasteiger partial charge in [-0.1, -0.05) is 12.2 Å². The van der Waals surface area contributed by atoms with E-state index in [0.717, 1.165) is 0 Å². The van der Waals surface area contributed by atoms with Crippen LogP contribution in [0.25, 0.3) is 0 Å². The van der Waals surface area contributed by atoms with E-state index in [2.05, 4.69) is 24.0 Å². The summed E-state index contributed by atoms with van der Waals surface area (Å²) in [7, 11) is 0.